The number of aromatic nitrogens is 2. The highest BCUT2D eigenvalue weighted by atomic mass is 16.5. The van der Waals surface area contributed by atoms with Crippen molar-refractivity contribution in [2.45, 2.75) is 50.7 Å². The summed E-state index contributed by atoms with van der Waals surface area (Å²) in [7, 11) is 3.54. The van der Waals surface area contributed by atoms with Crippen molar-refractivity contribution < 1.29 is 14.3 Å². The molecule has 1 atom stereocenters. The predicted octanol–water partition coefficient (Wildman–Crippen LogP) is 3.56. The molecule has 1 aromatic carbocycles. The number of methoxy groups -OCH3 is 1. The topological polar surface area (TPSA) is 77.4 Å². The minimum absolute atomic E-state index is 0.245. The lowest BCUT2D eigenvalue weighted by Gasteiger charge is -2.20. The molecule has 7 heteroatoms. The van der Waals surface area contributed by atoms with Crippen molar-refractivity contribution in [3.05, 3.63) is 48.0 Å². The van der Waals surface area contributed by atoms with Crippen molar-refractivity contribution in [2.75, 3.05) is 20.3 Å². The Bertz CT molecular complexity index is 769. The summed E-state index contributed by atoms with van der Waals surface area (Å²) in [6, 6.07) is 7.03. The lowest BCUT2D eigenvalue weighted by Crippen LogP contribution is -2.40. The maximum absolute atomic E-state index is 12.5. The van der Waals surface area contributed by atoms with Crippen molar-refractivity contribution in [1.82, 2.24) is 20.2 Å². The second-order valence-electron chi connectivity index (χ2n) is 7.49. The molecule has 3 rings (SSSR count). The van der Waals surface area contributed by atoms with Crippen molar-refractivity contribution in [1.29, 1.82) is 0 Å². The maximum Gasteiger partial charge on any atom is 0.315 e. The Hall–Kier alpha value is -2.54. The molecule has 0 saturated heterocycles. The van der Waals surface area contributed by atoms with E-state index in [9.17, 15) is 4.79 Å². The zero-order chi connectivity index (χ0) is 20.5. The quantitative estimate of drug-likeness (QED) is 0.525. The summed E-state index contributed by atoms with van der Waals surface area (Å²) in [4.78, 5) is 17.0. The van der Waals surface area contributed by atoms with E-state index < -0.39 is 0 Å². The van der Waals surface area contributed by atoms with Gasteiger partial charge < -0.3 is 24.7 Å². The van der Waals surface area contributed by atoms with Crippen LogP contribution >= 0.6 is 0 Å². The predicted molar refractivity (Wildman–Crippen MR) is 112 cm³/mol. The third kappa shape index (κ3) is 6.22. The fraction of sp³-hybridized carbons (Fsp3) is 0.545. The second kappa shape index (κ2) is 10.9. The van der Waals surface area contributed by atoms with E-state index in [2.05, 4.69) is 15.6 Å². The molecule has 2 aromatic rings. The number of nitrogens with one attached hydrogen (secondary N) is 2. The molecule has 1 fully saturated rings. The molecule has 0 aliphatic heterocycles. The van der Waals surface area contributed by atoms with Gasteiger partial charge in [0.25, 0.3) is 0 Å². The first-order valence-corrected chi connectivity index (χ1v) is 10.4. The second-order valence-corrected chi connectivity index (χ2v) is 7.49. The van der Waals surface area contributed by atoms with Gasteiger partial charge in [-0.3, -0.25) is 0 Å². The fourth-order valence-electron chi connectivity index (χ4n) is 3.75. The average Bonchev–Trinajstić information content (AvgIpc) is 2.99. The summed E-state index contributed by atoms with van der Waals surface area (Å²) >= 11 is 0. The number of imidazole rings is 1. The number of rotatable bonds is 8. The summed E-state index contributed by atoms with van der Waals surface area (Å²) in [6.45, 7) is 1.01. The summed E-state index contributed by atoms with van der Waals surface area (Å²) in [6.07, 6.45) is 11.3. The van der Waals surface area contributed by atoms with Crippen LogP contribution in [-0.4, -0.2) is 41.9 Å². The normalized spacial score (nSPS) is 16.1. The van der Waals surface area contributed by atoms with Gasteiger partial charge >= 0.3 is 6.03 Å². The number of hydrogen-bond donors (Lipinski definition) is 2. The molecule has 1 unspecified atom stereocenters. The largest absolute Gasteiger partial charge is 0.497 e. The van der Waals surface area contributed by atoms with Gasteiger partial charge in [-0.2, -0.15) is 0 Å². The van der Waals surface area contributed by atoms with E-state index in [0.29, 0.717) is 19.3 Å². The average molecular weight is 401 g/mol. The first kappa shape index (κ1) is 21.2. The van der Waals surface area contributed by atoms with Crippen LogP contribution in [0.25, 0.3) is 0 Å². The highest BCUT2D eigenvalue weighted by Crippen LogP contribution is 2.24. The SMILES string of the molecule is COc1cccc(C(NC(=O)NCCOC2CCCCCC2)c2nccn2C)c1. The maximum atomic E-state index is 12.5. The van der Waals surface area contributed by atoms with E-state index in [4.69, 9.17) is 9.47 Å². The molecule has 0 radical (unpaired) electrons. The zero-order valence-electron chi connectivity index (χ0n) is 17.4. The Morgan fingerprint density at radius 2 is 2.07 bits per heavy atom. The smallest absolute Gasteiger partial charge is 0.315 e. The first-order valence-electron chi connectivity index (χ1n) is 10.4. The summed E-state index contributed by atoms with van der Waals surface area (Å²) in [5.41, 5.74) is 0.906. The van der Waals surface area contributed by atoms with E-state index in [1.165, 1.54) is 25.7 Å². The summed E-state index contributed by atoms with van der Waals surface area (Å²) < 4.78 is 13.2. The van der Waals surface area contributed by atoms with Crippen molar-refractivity contribution in [2.24, 2.45) is 7.05 Å². The van der Waals surface area contributed by atoms with Crippen molar-refractivity contribution in [3.63, 3.8) is 0 Å². The number of aryl methyl sites for hydroxylation is 1. The monoisotopic (exact) mass is 400 g/mol. The molecule has 2 N–H and O–H groups in total. The van der Waals surface area contributed by atoms with Crippen LogP contribution in [0.2, 0.25) is 0 Å². The number of hydrogen-bond acceptors (Lipinski definition) is 4. The lowest BCUT2D eigenvalue weighted by molar-refractivity contribution is 0.0460. The number of carbonyl (C=O) groups excluding carboxylic acids is 1. The fourth-order valence-corrected chi connectivity index (χ4v) is 3.75. The third-order valence-corrected chi connectivity index (χ3v) is 5.36. The van der Waals surface area contributed by atoms with E-state index >= 15 is 0 Å². The molecule has 1 saturated carbocycles. The number of nitrogens with zero attached hydrogens (tertiary/aromatic N) is 2. The van der Waals surface area contributed by atoms with Gasteiger partial charge in [-0.15, -0.1) is 0 Å². The van der Waals surface area contributed by atoms with Crippen LogP contribution in [0.3, 0.4) is 0 Å². The number of carbonyl (C=O) groups is 1. The van der Waals surface area contributed by atoms with Gasteiger partial charge in [0.2, 0.25) is 0 Å². The van der Waals surface area contributed by atoms with Crippen LogP contribution in [0.5, 0.6) is 5.75 Å². The molecule has 158 valence electrons. The summed E-state index contributed by atoms with van der Waals surface area (Å²) in [5, 5.41) is 5.94. The van der Waals surface area contributed by atoms with Gasteiger partial charge in [0.15, 0.2) is 0 Å². The first-order chi connectivity index (χ1) is 14.2. The van der Waals surface area contributed by atoms with Gasteiger partial charge in [-0.05, 0) is 30.5 Å². The Kier molecular flexibility index (Phi) is 7.93. The van der Waals surface area contributed by atoms with Gasteiger partial charge in [0.1, 0.15) is 17.6 Å². The molecule has 29 heavy (non-hydrogen) atoms. The number of benzene rings is 1. The number of urea groups is 1. The molecular formula is C22H32N4O3. The van der Waals surface area contributed by atoms with Gasteiger partial charge in [0.05, 0.1) is 19.8 Å². The van der Waals surface area contributed by atoms with Crippen molar-refractivity contribution >= 4 is 6.03 Å². The number of ether oxygens (including phenoxy) is 2. The van der Waals surface area contributed by atoms with E-state index in [-0.39, 0.29) is 12.1 Å². The Morgan fingerprint density at radius 3 is 2.76 bits per heavy atom. The molecule has 1 heterocycles. The molecule has 2 amide bonds. The Labute approximate surface area is 172 Å². The third-order valence-electron chi connectivity index (χ3n) is 5.36. The molecule has 1 aliphatic rings. The number of amides is 2. The van der Waals surface area contributed by atoms with Crippen molar-refractivity contribution in [3.8, 4) is 5.75 Å². The van der Waals surface area contributed by atoms with Crippen LogP contribution in [0.1, 0.15) is 56.0 Å². The van der Waals surface area contributed by atoms with Gasteiger partial charge in [-0.1, -0.05) is 37.8 Å². The molecule has 0 spiro atoms. The van der Waals surface area contributed by atoms with E-state index in [0.717, 1.165) is 30.0 Å². The summed E-state index contributed by atoms with van der Waals surface area (Å²) in [5.74, 6) is 1.49. The van der Waals surface area contributed by atoms with E-state index in [1.54, 1.807) is 13.3 Å². The molecule has 0 bridgehead atoms. The lowest BCUT2D eigenvalue weighted by atomic mass is 10.1. The molecule has 1 aromatic heterocycles. The van der Waals surface area contributed by atoms with Crippen LogP contribution in [0, 0.1) is 0 Å². The standard InChI is InChI=1S/C22H32N4O3/c1-26-14-12-23-21(26)20(17-8-7-11-19(16-17)28-2)25-22(27)24-13-15-29-18-9-5-3-4-6-10-18/h7-8,11-12,14,16,18,20H,3-6,9-10,13,15H2,1-2H3,(H2,24,25,27). The van der Waals surface area contributed by atoms with Crippen LogP contribution < -0.4 is 15.4 Å². The highest BCUT2D eigenvalue weighted by Gasteiger charge is 2.21. The van der Waals surface area contributed by atoms with Crippen LogP contribution in [0.15, 0.2) is 36.7 Å². The Morgan fingerprint density at radius 1 is 1.28 bits per heavy atom. The molecule has 7 nitrogen and oxygen atoms in total. The minimum Gasteiger partial charge on any atom is -0.497 e. The molecular weight excluding hydrogens is 368 g/mol. The highest BCUT2D eigenvalue weighted by molar-refractivity contribution is 5.74. The van der Waals surface area contributed by atoms with Crippen LogP contribution in [0.4, 0.5) is 4.79 Å². The Balaban J connectivity index is 1.56. The zero-order valence-corrected chi connectivity index (χ0v) is 17.4. The van der Waals surface area contributed by atoms with Gasteiger partial charge in [0, 0.05) is 26.0 Å². The minimum atomic E-state index is -0.382. The van der Waals surface area contributed by atoms with E-state index in [1.807, 2.05) is 42.1 Å². The molecule has 1 aliphatic carbocycles. The van der Waals surface area contributed by atoms with Gasteiger partial charge in [-0.25, -0.2) is 9.78 Å². The van der Waals surface area contributed by atoms with Crippen LogP contribution in [-0.2, 0) is 11.8 Å².